The SMILES string of the molecule is CCCOc1c(C)cccc1-n1c(-c2ccc(O)cc2C)n[nH]c1=S. The fourth-order valence-corrected chi connectivity index (χ4v) is 3.04. The number of aryl methyl sites for hydroxylation is 2. The van der Waals surface area contributed by atoms with Crippen molar-refractivity contribution in [3.8, 4) is 28.6 Å². The average molecular weight is 355 g/mol. The molecule has 25 heavy (non-hydrogen) atoms. The molecule has 0 saturated heterocycles. The van der Waals surface area contributed by atoms with E-state index in [0.29, 0.717) is 17.2 Å². The molecule has 0 spiro atoms. The summed E-state index contributed by atoms with van der Waals surface area (Å²) >= 11 is 5.48. The summed E-state index contributed by atoms with van der Waals surface area (Å²) < 4.78 is 8.36. The zero-order valence-electron chi connectivity index (χ0n) is 14.5. The number of hydrogen-bond donors (Lipinski definition) is 2. The Morgan fingerprint density at radius 3 is 2.72 bits per heavy atom. The number of aromatic nitrogens is 3. The Hall–Kier alpha value is -2.60. The van der Waals surface area contributed by atoms with Crippen molar-refractivity contribution in [2.24, 2.45) is 0 Å². The molecule has 0 amide bonds. The standard InChI is InChI=1S/C19H21N3O2S/c1-4-10-24-17-12(2)6-5-7-16(17)22-18(20-21-19(22)25)15-9-8-14(23)11-13(15)3/h5-9,11,23H,4,10H2,1-3H3,(H,21,25). The van der Waals surface area contributed by atoms with Gasteiger partial charge < -0.3 is 9.84 Å². The first kappa shape index (κ1) is 17.2. The zero-order valence-corrected chi connectivity index (χ0v) is 15.4. The van der Waals surface area contributed by atoms with E-state index in [1.54, 1.807) is 12.1 Å². The lowest BCUT2D eigenvalue weighted by molar-refractivity contribution is 0.314. The van der Waals surface area contributed by atoms with Crippen LogP contribution in [0.5, 0.6) is 11.5 Å². The van der Waals surface area contributed by atoms with E-state index in [1.807, 2.05) is 42.7 Å². The molecule has 0 fully saturated rings. The maximum atomic E-state index is 9.68. The van der Waals surface area contributed by atoms with Gasteiger partial charge in [-0.3, -0.25) is 9.67 Å². The third-order valence-corrected chi connectivity index (χ3v) is 4.28. The van der Waals surface area contributed by atoms with E-state index in [9.17, 15) is 5.11 Å². The summed E-state index contributed by atoms with van der Waals surface area (Å²) in [6.07, 6.45) is 0.925. The molecule has 0 unspecified atom stereocenters. The van der Waals surface area contributed by atoms with Gasteiger partial charge in [0, 0.05) is 5.56 Å². The number of phenols is 1. The molecule has 0 atom stereocenters. The van der Waals surface area contributed by atoms with E-state index >= 15 is 0 Å². The molecular formula is C19H21N3O2S. The van der Waals surface area contributed by atoms with E-state index in [4.69, 9.17) is 17.0 Å². The van der Waals surface area contributed by atoms with Gasteiger partial charge in [0.25, 0.3) is 0 Å². The topological polar surface area (TPSA) is 63.1 Å². The third kappa shape index (κ3) is 3.30. The van der Waals surface area contributed by atoms with Gasteiger partial charge in [0.2, 0.25) is 0 Å². The molecule has 0 bridgehead atoms. The molecule has 2 aromatic carbocycles. The predicted octanol–water partition coefficient (Wildman–Crippen LogP) is 4.71. The second-order valence-electron chi connectivity index (χ2n) is 5.96. The number of H-pyrrole nitrogens is 1. The van der Waals surface area contributed by atoms with Crippen molar-refractivity contribution in [1.29, 1.82) is 0 Å². The molecule has 3 rings (SSSR count). The van der Waals surface area contributed by atoms with Crippen LogP contribution in [0.2, 0.25) is 0 Å². The highest BCUT2D eigenvalue weighted by atomic mass is 32.1. The van der Waals surface area contributed by atoms with Gasteiger partial charge in [0.15, 0.2) is 10.6 Å². The van der Waals surface area contributed by atoms with Gasteiger partial charge in [-0.05, 0) is 67.9 Å². The van der Waals surface area contributed by atoms with Crippen LogP contribution in [0.1, 0.15) is 24.5 Å². The molecule has 6 heteroatoms. The quantitative estimate of drug-likeness (QED) is 0.651. The Labute approximate surface area is 151 Å². The summed E-state index contributed by atoms with van der Waals surface area (Å²) in [5.74, 6) is 1.72. The molecule has 0 aliphatic heterocycles. The van der Waals surface area contributed by atoms with Crippen molar-refractivity contribution in [3.05, 3.63) is 52.3 Å². The lowest BCUT2D eigenvalue weighted by Gasteiger charge is -2.16. The lowest BCUT2D eigenvalue weighted by Crippen LogP contribution is -2.05. The van der Waals surface area contributed by atoms with E-state index in [1.165, 1.54) is 0 Å². The van der Waals surface area contributed by atoms with Gasteiger partial charge in [-0.1, -0.05) is 19.1 Å². The first-order valence-electron chi connectivity index (χ1n) is 8.23. The van der Waals surface area contributed by atoms with E-state index < -0.39 is 0 Å². The Morgan fingerprint density at radius 2 is 2.00 bits per heavy atom. The van der Waals surface area contributed by atoms with Gasteiger partial charge in [-0.25, -0.2) is 0 Å². The molecule has 2 N–H and O–H groups in total. The molecule has 3 aromatic rings. The van der Waals surface area contributed by atoms with E-state index in [0.717, 1.165) is 34.5 Å². The first-order chi connectivity index (χ1) is 12.0. The number of aromatic amines is 1. The summed E-state index contributed by atoms with van der Waals surface area (Å²) in [5, 5.41) is 17.0. The largest absolute Gasteiger partial charge is 0.508 e. The lowest BCUT2D eigenvalue weighted by atomic mass is 10.1. The molecule has 130 valence electrons. The minimum Gasteiger partial charge on any atom is -0.508 e. The number of nitrogens with zero attached hydrogens (tertiary/aromatic N) is 2. The van der Waals surface area contributed by atoms with E-state index in [-0.39, 0.29) is 5.75 Å². The summed E-state index contributed by atoms with van der Waals surface area (Å²) in [7, 11) is 0. The van der Waals surface area contributed by atoms with Gasteiger partial charge in [-0.15, -0.1) is 0 Å². The van der Waals surface area contributed by atoms with E-state index in [2.05, 4.69) is 17.1 Å². The Morgan fingerprint density at radius 1 is 1.20 bits per heavy atom. The van der Waals surface area contributed by atoms with Crippen LogP contribution in [0.4, 0.5) is 0 Å². The minimum absolute atomic E-state index is 0.226. The van der Waals surface area contributed by atoms with Crippen LogP contribution >= 0.6 is 12.2 Å². The summed E-state index contributed by atoms with van der Waals surface area (Å²) in [5.41, 5.74) is 3.71. The van der Waals surface area contributed by atoms with Gasteiger partial charge >= 0.3 is 0 Å². The van der Waals surface area contributed by atoms with Crippen LogP contribution in [-0.2, 0) is 0 Å². The molecular weight excluding hydrogens is 334 g/mol. The summed E-state index contributed by atoms with van der Waals surface area (Å²) in [4.78, 5) is 0. The predicted molar refractivity (Wildman–Crippen MR) is 101 cm³/mol. The second kappa shape index (κ2) is 7.11. The van der Waals surface area contributed by atoms with Crippen molar-refractivity contribution in [3.63, 3.8) is 0 Å². The van der Waals surface area contributed by atoms with Gasteiger partial charge in [-0.2, -0.15) is 5.10 Å². The number of para-hydroxylation sites is 1. The number of phenolic OH excluding ortho intramolecular Hbond substituents is 1. The maximum Gasteiger partial charge on any atom is 0.200 e. The molecule has 1 aromatic heterocycles. The Kier molecular flexibility index (Phi) is 4.90. The highest BCUT2D eigenvalue weighted by Crippen LogP contribution is 2.32. The number of nitrogens with one attached hydrogen (secondary N) is 1. The van der Waals surface area contributed by atoms with Crippen LogP contribution in [0.25, 0.3) is 17.1 Å². The second-order valence-corrected chi connectivity index (χ2v) is 6.35. The van der Waals surface area contributed by atoms with Crippen LogP contribution in [0.3, 0.4) is 0 Å². The molecule has 0 aliphatic carbocycles. The van der Waals surface area contributed by atoms with Crippen molar-refractivity contribution in [2.75, 3.05) is 6.61 Å². The number of ether oxygens (including phenoxy) is 1. The van der Waals surface area contributed by atoms with Crippen molar-refractivity contribution in [2.45, 2.75) is 27.2 Å². The monoisotopic (exact) mass is 355 g/mol. The van der Waals surface area contributed by atoms with Crippen molar-refractivity contribution < 1.29 is 9.84 Å². The van der Waals surface area contributed by atoms with Crippen LogP contribution < -0.4 is 4.74 Å². The normalized spacial score (nSPS) is 10.8. The first-order valence-corrected chi connectivity index (χ1v) is 8.64. The fraction of sp³-hybridized carbons (Fsp3) is 0.263. The number of aromatic hydroxyl groups is 1. The molecule has 0 radical (unpaired) electrons. The third-order valence-electron chi connectivity index (χ3n) is 4.01. The van der Waals surface area contributed by atoms with Crippen molar-refractivity contribution in [1.82, 2.24) is 14.8 Å². The van der Waals surface area contributed by atoms with Gasteiger partial charge in [0.1, 0.15) is 11.5 Å². The number of benzene rings is 2. The Balaban J connectivity index is 2.22. The molecule has 0 saturated carbocycles. The Bertz CT molecular complexity index is 960. The molecule has 5 nitrogen and oxygen atoms in total. The molecule has 0 aliphatic rings. The number of rotatable bonds is 5. The molecule has 1 heterocycles. The summed E-state index contributed by atoms with van der Waals surface area (Å²) in [6, 6.07) is 11.2. The smallest absolute Gasteiger partial charge is 0.200 e. The fourth-order valence-electron chi connectivity index (χ4n) is 2.80. The zero-order chi connectivity index (χ0) is 18.0. The maximum absolute atomic E-state index is 9.68. The van der Waals surface area contributed by atoms with Crippen LogP contribution in [-0.4, -0.2) is 26.5 Å². The highest BCUT2D eigenvalue weighted by Gasteiger charge is 2.17. The highest BCUT2D eigenvalue weighted by molar-refractivity contribution is 7.71. The van der Waals surface area contributed by atoms with Crippen molar-refractivity contribution >= 4 is 12.2 Å². The minimum atomic E-state index is 0.226. The van der Waals surface area contributed by atoms with Crippen LogP contribution in [0, 0.1) is 18.6 Å². The summed E-state index contributed by atoms with van der Waals surface area (Å²) in [6.45, 7) is 6.66. The van der Waals surface area contributed by atoms with Gasteiger partial charge in [0.05, 0.1) is 12.3 Å². The number of hydrogen-bond acceptors (Lipinski definition) is 4. The average Bonchev–Trinajstić information content (AvgIpc) is 2.95. The van der Waals surface area contributed by atoms with Crippen LogP contribution in [0.15, 0.2) is 36.4 Å².